The first-order chi connectivity index (χ1) is 20.7. The van der Waals surface area contributed by atoms with Crippen LogP contribution in [-0.2, 0) is 10.2 Å². The second-order valence-corrected chi connectivity index (χ2v) is 10.8. The molecule has 0 amide bonds. The van der Waals surface area contributed by atoms with Gasteiger partial charge in [-0.15, -0.1) is 0 Å². The zero-order valence-corrected chi connectivity index (χ0v) is 23.6. The third-order valence-corrected chi connectivity index (χ3v) is 8.13. The Morgan fingerprint density at radius 2 is 1.21 bits per heavy atom. The van der Waals surface area contributed by atoms with E-state index in [-0.39, 0.29) is 0 Å². The van der Waals surface area contributed by atoms with E-state index < -0.39 is 18.8 Å². The molecule has 5 heteroatoms. The molecule has 202 valence electrons. The molecule has 0 spiro atoms. The molecule has 0 fully saturated rings. The fourth-order valence-electron chi connectivity index (χ4n) is 5.83. The third kappa shape index (κ3) is 4.79. The summed E-state index contributed by atoms with van der Waals surface area (Å²) in [4.78, 5) is 5.56. The van der Waals surface area contributed by atoms with Crippen LogP contribution in [0.15, 0.2) is 157 Å². The molecule has 0 N–H and O–H groups in total. The summed E-state index contributed by atoms with van der Waals surface area (Å²) in [5.74, 6) is 0.695. The first-order valence-corrected chi connectivity index (χ1v) is 14.4. The predicted octanol–water partition coefficient (Wildman–Crippen LogP) is 8.40. The van der Waals surface area contributed by atoms with E-state index in [1.807, 2.05) is 79.0 Å². The summed E-state index contributed by atoms with van der Waals surface area (Å²) in [6.45, 7) is 0. The largest absolute Gasteiger partial charge is 0.563 e. The summed E-state index contributed by atoms with van der Waals surface area (Å²) >= 11 is 6.31. The fourth-order valence-corrected chi connectivity index (χ4v) is 5.95. The van der Waals surface area contributed by atoms with Gasteiger partial charge in [-0.1, -0.05) is 145 Å². The first-order valence-electron chi connectivity index (χ1n) is 14.0. The van der Waals surface area contributed by atoms with Crippen molar-refractivity contribution in [2.75, 3.05) is 0 Å². The van der Waals surface area contributed by atoms with Crippen molar-refractivity contribution in [1.29, 1.82) is 0 Å². The first kappa shape index (κ1) is 26.3. The minimum absolute atomic E-state index is 0.555. The Bertz CT molecular complexity index is 1810. The standard InChI is InChI=1S/C37H27BClNO2/c39-32-23-21-31(22-24-32)38-41-35-25-20-27-12-10-11-19-33(27)34(35)26-40-37(29-15-6-2-7-16-29,30-17-8-3-9-18-30)36(42-38)28-13-4-1-5-14-28/h1-26,36H/t36-/m1/s1. The van der Waals surface area contributed by atoms with Gasteiger partial charge in [-0.3, -0.25) is 4.99 Å². The van der Waals surface area contributed by atoms with Gasteiger partial charge in [0, 0.05) is 16.8 Å². The van der Waals surface area contributed by atoms with E-state index in [9.17, 15) is 0 Å². The van der Waals surface area contributed by atoms with E-state index in [1.54, 1.807) is 0 Å². The lowest BCUT2D eigenvalue weighted by molar-refractivity contribution is 0.115. The van der Waals surface area contributed by atoms with Crippen molar-refractivity contribution in [2.45, 2.75) is 11.6 Å². The Morgan fingerprint density at radius 1 is 0.619 bits per heavy atom. The molecule has 1 aliphatic rings. The van der Waals surface area contributed by atoms with Gasteiger partial charge in [0.2, 0.25) is 0 Å². The predicted molar refractivity (Wildman–Crippen MR) is 173 cm³/mol. The summed E-state index contributed by atoms with van der Waals surface area (Å²) in [6, 6.07) is 51.1. The van der Waals surface area contributed by atoms with E-state index in [0.717, 1.165) is 38.5 Å². The lowest BCUT2D eigenvalue weighted by Crippen LogP contribution is -2.45. The van der Waals surface area contributed by atoms with Crippen LogP contribution in [0.1, 0.15) is 28.4 Å². The summed E-state index contributed by atoms with van der Waals surface area (Å²) in [5, 5.41) is 2.82. The van der Waals surface area contributed by atoms with Crippen molar-refractivity contribution >= 4 is 41.2 Å². The lowest BCUT2D eigenvalue weighted by Gasteiger charge is -2.39. The summed E-state index contributed by atoms with van der Waals surface area (Å²) in [7, 11) is -0.749. The minimum Gasteiger partial charge on any atom is -0.532 e. The number of halogens is 1. The van der Waals surface area contributed by atoms with Gasteiger partial charge in [-0.2, -0.15) is 0 Å². The van der Waals surface area contributed by atoms with Crippen LogP contribution in [0, 0.1) is 0 Å². The van der Waals surface area contributed by atoms with Crippen molar-refractivity contribution in [3.05, 3.63) is 179 Å². The third-order valence-electron chi connectivity index (χ3n) is 7.87. The maximum atomic E-state index is 7.20. The molecule has 6 aromatic carbocycles. The number of aliphatic imine (C=N–C) groups is 1. The topological polar surface area (TPSA) is 30.8 Å². The van der Waals surface area contributed by atoms with Gasteiger partial charge in [-0.25, -0.2) is 0 Å². The van der Waals surface area contributed by atoms with Crippen LogP contribution in [0.25, 0.3) is 10.8 Å². The van der Waals surface area contributed by atoms with Crippen molar-refractivity contribution in [2.24, 2.45) is 4.99 Å². The molecule has 0 radical (unpaired) electrons. The summed E-state index contributed by atoms with van der Waals surface area (Å²) < 4.78 is 14.0. The Labute approximate surface area is 251 Å². The van der Waals surface area contributed by atoms with Gasteiger partial charge in [0.25, 0.3) is 0 Å². The van der Waals surface area contributed by atoms with Crippen molar-refractivity contribution in [1.82, 2.24) is 0 Å². The lowest BCUT2D eigenvalue weighted by atomic mass is 9.73. The zero-order chi connectivity index (χ0) is 28.4. The molecule has 1 aliphatic heterocycles. The quantitative estimate of drug-likeness (QED) is 0.202. The molecule has 1 heterocycles. The smallest absolute Gasteiger partial charge is 0.532 e. The molecule has 0 bridgehead atoms. The highest BCUT2D eigenvalue weighted by molar-refractivity contribution is 6.62. The molecule has 6 aromatic rings. The highest BCUT2D eigenvalue weighted by Gasteiger charge is 2.47. The van der Waals surface area contributed by atoms with Crippen LogP contribution >= 0.6 is 11.6 Å². The van der Waals surface area contributed by atoms with Gasteiger partial charge in [0.1, 0.15) is 17.4 Å². The van der Waals surface area contributed by atoms with Crippen molar-refractivity contribution < 1.29 is 9.31 Å². The van der Waals surface area contributed by atoms with E-state index in [4.69, 9.17) is 25.9 Å². The number of hydrogen-bond donors (Lipinski definition) is 0. The monoisotopic (exact) mass is 563 g/mol. The Balaban J connectivity index is 1.57. The number of fused-ring (bicyclic) bond motifs is 3. The normalized spacial score (nSPS) is 16.1. The maximum Gasteiger partial charge on any atom is 0.563 e. The molecule has 3 nitrogen and oxygen atoms in total. The number of hydrogen-bond acceptors (Lipinski definition) is 3. The molecule has 7 rings (SSSR count). The Hall–Kier alpha value is -4.64. The molecule has 0 saturated heterocycles. The maximum absolute atomic E-state index is 7.20. The highest BCUT2D eigenvalue weighted by Crippen LogP contribution is 2.48. The van der Waals surface area contributed by atoms with Crippen LogP contribution in [0.2, 0.25) is 5.02 Å². The molecule has 0 aliphatic carbocycles. The van der Waals surface area contributed by atoms with Crippen molar-refractivity contribution in [3.8, 4) is 5.75 Å². The molecule has 0 saturated carbocycles. The van der Waals surface area contributed by atoms with Gasteiger partial charge in [0.05, 0.1) is 0 Å². The molecule has 42 heavy (non-hydrogen) atoms. The molecule has 0 unspecified atom stereocenters. The average Bonchev–Trinajstić information content (AvgIpc) is 3.13. The van der Waals surface area contributed by atoms with Crippen LogP contribution < -0.4 is 10.1 Å². The minimum atomic E-state index is -0.948. The van der Waals surface area contributed by atoms with Crippen LogP contribution in [0.5, 0.6) is 5.75 Å². The SMILES string of the molecule is Clc1ccc(B2Oc3ccc4ccccc4c3C=NC(c3ccccc3)(c3ccccc3)[C@@H](c3ccccc3)O2)cc1. The Kier molecular flexibility index (Phi) is 7.09. The molecular weight excluding hydrogens is 537 g/mol. The zero-order valence-electron chi connectivity index (χ0n) is 22.8. The second-order valence-electron chi connectivity index (χ2n) is 10.4. The second kappa shape index (κ2) is 11.3. The number of benzene rings is 6. The molecule has 0 aromatic heterocycles. The van der Waals surface area contributed by atoms with Gasteiger partial charge in [0.15, 0.2) is 0 Å². The van der Waals surface area contributed by atoms with E-state index in [1.165, 1.54) is 0 Å². The summed E-state index contributed by atoms with van der Waals surface area (Å²) in [5.41, 5.74) is 3.83. The molecular formula is C37H27BClNO2. The van der Waals surface area contributed by atoms with E-state index in [2.05, 4.69) is 78.9 Å². The van der Waals surface area contributed by atoms with Gasteiger partial charge < -0.3 is 9.31 Å². The molecule has 1 atom stereocenters. The van der Waals surface area contributed by atoms with Crippen molar-refractivity contribution in [3.63, 3.8) is 0 Å². The Morgan fingerprint density at radius 3 is 1.88 bits per heavy atom. The average molecular weight is 564 g/mol. The van der Waals surface area contributed by atoms with Gasteiger partial charge in [-0.05, 0) is 51.1 Å². The highest BCUT2D eigenvalue weighted by atomic mass is 35.5. The van der Waals surface area contributed by atoms with E-state index in [0.29, 0.717) is 10.8 Å². The van der Waals surface area contributed by atoms with Gasteiger partial charge >= 0.3 is 7.12 Å². The van der Waals surface area contributed by atoms with Crippen LogP contribution in [-0.4, -0.2) is 13.3 Å². The summed E-state index contributed by atoms with van der Waals surface area (Å²) in [6.07, 6.45) is 1.42. The van der Waals surface area contributed by atoms with Crippen LogP contribution in [0.4, 0.5) is 0 Å². The van der Waals surface area contributed by atoms with E-state index >= 15 is 0 Å². The number of nitrogens with zero attached hydrogens (tertiary/aromatic N) is 1. The van der Waals surface area contributed by atoms with Crippen LogP contribution in [0.3, 0.4) is 0 Å². The fraction of sp³-hybridized carbons (Fsp3) is 0.0541. The number of rotatable bonds is 4.